The van der Waals surface area contributed by atoms with Crippen molar-refractivity contribution in [3.8, 4) is 0 Å². The lowest BCUT2D eigenvalue weighted by Gasteiger charge is -2.18. The van der Waals surface area contributed by atoms with Gasteiger partial charge >= 0.3 is 0 Å². The lowest BCUT2D eigenvalue weighted by atomic mass is 10.0. The fourth-order valence-corrected chi connectivity index (χ4v) is 3.44. The van der Waals surface area contributed by atoms with Crippen LogP contribution in [-0.2, 0) is 14.6 Å². The number of sulfone groups is 1. The predicted molar refractivity (Wildman–Crippen MR) is 73.9 cm³/mol. The molecule has 6 heteroatoms. The van der Waals surface area contributed by atoms with Gasteiger partial charge in [0.05, 0.1) is 5.75 Å². The van der Waals surface area contributed by atoms with Gasteiger partial charge in [0, 0.05) is 12.6 Å². The second-order valence-corrected chi connectivity index (χ2v) is 7.69. The second-order valence-electron chi connectivity index (χ2n) is 5.58. The Hall–Kier alpha value is -0.620. The van der Waals surface area contributed by atoms with E-state index < -0.39 is 21.5 Å². The van der Waals surface area contributed by atoms with Crippen LogP contribution in [-0.4, -0.2) is 38.4 Å². The SMILES string of the molecule is CC(C)CC(CN)NC(=O)CS(=O)(=O)CC(C)C. The number of hydrogen-bond donors (Lipinski definition) is 2. The molecule has 0 aliphatic rings. The number of nitrogens with two attached hydrogens (primary N) is 1. The molecule has 108 valence electrons. The molecule has 0 saturated heterocycles. The molecule has 0 spiro atoms. The van der Waals surface area contributed by atoms with E-state index in [-0.39, 0.29) is 17.7 Å². The van der Waals surface area contributed by atoms with E-state index in [0.29, 0.717) is 12.5 Å². The summed E-state index contributed by atoms with van der Waals surface area (Å²) < 4.78 is 23.3. The lowest BCUT2D eigenvalue weighted by molar-refractivity contribution is -0.119. The molecule has 1 unspecified atom stereocenters. The fraction of sp³-hybridized carbons (Fsp3) is 0.917. The molecule has 0 heterocycles. The molecule has 0 aliphatic carbocycles. The Morgan fingerprint density at radius 2 is 1.72 bits per heavy atom. The van der Waals surface area contributed by atoms with Crippen LogP contribution in [0.25, 0.3) is 0 Å². The van der Waals surface area contributed by atoms with Crippen LogP contribution >= 0.6 is 0 Å². The highest BCUT2D eigenvalue weighted by Gasteiger charge is 2.20. The number of rotatable bonds is 8. The highest BCUT2D eigenvalue weighted by molar-refractivity contribution is 7.92. The minimum absolute atomic E-state index is 0.0313. The zero-order valence-corrected chi connectivity index (χ0v) is 12.6. The number of hydrogen-bond acceptors (Lipinski definition) is 4. The molecule has 1 amide bonds. The van der Waals surface area contributed by atoms with Gasteiger partial charge in [-0.05, 0) is 18.3 Å². The average Bonchev–Trinajstić information content (AvgIpc) is 2.12. The molecule has 18 heavy (non-hydrogen) atoms. The van der Waals surface area contributed by atoms with Gasteiger partial charge in [-0.3, -0.25) is 4.79 Å². The van der Waals surface area contributed by atoms with Crippen LogP contribution in [0.3, 0.4) is 0 Å². The van der Waals surface area contributed by atoms with E-state index in [1.807, 2.05) is 27.7 Å². The maximum absolute atomic E-state index is 11.7. The first-order chi connectivity index (χ1) is 8.16. The highest BCUT2D eigenvalue weighted by Crippen LogP contribution is 2.04. The molecule has 0 aromatic rings. The largest absolute Gasteiger partial charge is 0.351 e. The van der Waals surface area contributed by atoms with Crippen LogP contribution in [0.15, 0.2) is 0 Å². The van der Waals surface area contributed by atoms with Gasteiger partial charge in [-0.15, -0.1) is 0 Å². The summed E-state index contributed by atoms with van der Waals surface area (Å²) in [6, 6.07) is -0.147. The van der Waals surface area contributed by atoms with E-state index >= 15 is 0 Å². The van der Waals surface area contributed by atoms with Crippen molar-refractivity contribution in [2.24, 2.45) is 17.6 Å². The molecule has 0 radical (unpaired) electrons. The summed E-state index contributed by atoms with van der Waals surface area (Å²) in [5.74, 6) is -0.417. The minimum Gasteiger partial charge on any atom is -0.351 e. The van der Waals surface area contributed by atoms with Gasteiger partial charge < -0.3 is 11.1 Å². The van der Waals surface area contributed by atoms with Crippen LogP contribution < -0.4 is 11.1 Å². The Labute approximate surface area is 110 Å². The molecular weight excluding hydrogens is 252 g/mol. The molecule has 0 aliphatic heterocycles. The minimum atomic E-state index is -3.32. The van der Waals surface area contributed by atoms with Gasteiger partial charge in [-0.25, -0.2) is 8.42 Å². The standard InChI is InChI=1S/C12H26N2O3S/c1-9(2)5-11(6-13)14-12(15)8-18(16,17)7-10(3)4/h9-11H,5-8,13H2,1-4H3,(H,14,15). The second kappa shape index (κ2) is 7.74. The summed E-state index contributed by atoms with van der Waals surface area (Å²) in [4.78, 5) is 11.6. The third-order valence-electron chi connectivity index (χ3n) is 2.34. The van der Waals surface area contributed by atoms with Crippen LogP contribution in [0.5, 0.6) is 0 Å². The summed E-state index contributed by atoms with van der Waals surface area (Å²) in [5.41, 5.74) is 5.55. The number of amides is 1. The van der Waals surface area contributed by atoms with E-state index in [0.717, 1.165) is 6.42 Å². The van der Waals surface area contributed by atoms with Crippen molar-refractivity contribution in [3.05, 3.63) is 0 Å². The molecule has 0 aromatic carbocycles. The van der Waals surface area contributed by atoms with Crippen molar-refractivity contribution in [2.75, 3.05) is 18.1 Å². The molecule has 3 N–H and O–H groups in total. The molecule has 0 aromatic heterocycles. The van der Waals surface area contributed by atoms with Crippen molar-refractivity contribution in [2.45, 2.75) is 40.2 Å². The van der Waals surface area contributed by atoms with E-state index in [2.05, 4.69) is 5.32 Å². The number of nitrogens with one attached hydrogen (secondary N) is 1. The van der Waals surface area contributed by atoms with Crippen LogP contribution in [0.2, 0.25) is 0 Å². The molecule has 0 saturated carbocycles. The van der Waals surface area contributed by atoms with E-state index in [4.69, 9.17) is 5.73 Å². The van der Waals surface area contributed by atoms with Gasteiger partial charge in [0.25, 0.3) is 0 Å². The first-order valence-electron chi connectivity index (χ1n) is 6.36. The Kier molecular flexibility index (Phi) is 7.47. The van der Waals surface area contributed by atoms with Crippen LogP contribution in [0.1, 0.15) is 34.1 Å². The fourth-order valence-electron chi connectivity index (χ4n) is 1.82. The van der Waals surface area contributed by atoms with Gasteiger partial charge in [0.1, 0.15) is 5.75 Å². The Morgan fingerprint density at radius 1 is 1.17 bits per heavy atom. The maximum atomic E-state index is 11.7. The van der Waals surface area contributed by atoms with E-state index in [1.165, 1.54) is 0 Å². The smallest absolute Gasteiger partial charge is 0.235 e. The summed E-state index contributed by atoms with van der Waals surface area (Å²) in [6.07, 6.45) is 0.756. The number of carbonyl (C=O) groups excluding carboxylic acids is 1. The Morgan fingerprint density at radius 3 is 2.11 bits per heavy atom. The quantitative estimate of drug-likeness (QED) is 0.678. The highest BCUT2D eigenvalue weighted by atomic mass is 32.2. The predicted octanol–water partition coefficient (Wildman–Crippen LogP) is 0.547. The first kappa shape index (κ1) is 17.4. The third-order valence-corrected chi connectivity index (χ3v) is 4.22. The zero-order valence-electron chi connectivity index (χ0n) is 11.8. The number of carbonyl (C=O) groups is 1. The van der Waals surface area contributed by atoms with Crippen LogP contribution in [0, 0.1) is 11.8 Å². The van der Waals surface area contributed by atoms with Crippen molar-refractivity contribution < 1.29 is 13.2 Å². The Bertz CT molecular complexity index is 350. The van der Waals surface area contributed by atoms with Crippen molar-refractivity contribution in [1.82, 2.24) is 5.32 Å². The molecule has 0 fully saturated rings. The maximum Gasteiger partial charge on any atom is 0.235 e. The van der Waals surface area contributed by atoms with Crippen molar-refractivity contribution >= 4 is 15.7 Å². The molecule has 0 rings (SSSR count). The summed E-state index contributed by atoms with van der Waals surface area (Å²) in [6.45, 7) is 8.02. The molecular formula is C12H26N2O3S. The first-order valence-corrected chi connectivity index (χ1v) is 8.18. The van der Waals surface area contributed by atoms with Gasteiger partial charge in [0.2, 0.25) is 5.91 Å². The zero-order chi connectivity index (χ0) is 14.3. The summed E-state index contributed by atoms with van der Waals surface area (Å²) in [5, 5.41) is 2.68. The van der Waals surface area contributed by atoms with Crippen LogP contribution in [0.4, 0.5) is 0 Å². The van der Waals surface area contributed by atoms with E-state index in [1.54, 1.807) is 0 Å². The third kappa shape index (κ3) is 8.47. The summed E-state index contributed by atoms with van der Waals surface area (Å²) in [7, 11) is -3.32. The van der Waals surface area contributed by atoms with E-state index in [9.17, 15) is 13.2 Å². The Balaban J connectivity index is 4.32. The lowest BCUT2D eigenvalue weighted by Crippen LogP contribution is -2.43. The average molecular weight is 278 g/mol. The monoisotopic (exact) mass is 278 g/mol. The van der Waals surface area contributed by atoms with Gasteiger partial charge in [-0.2, -0.15) is 0 Å². The molecule has 0 bridgehead atoms. The summed E-state index contributed by atoms with van der Waals surface area (Å²) >= 11 is 0. The topological polar surface area (TPSA) is 89.3 Å². The molecule has 5 nitrogen and oxygen atoms in total. The van der Waals surface area contributed by atoms with Gasteiger partial charge in [-0.1, -0.05) is 27.7 Å². The normalized spacial score (nSPS) is 13.9. The molecule has 1 atom stereocenters. The van der Waals surface area contributed by atoms with Crippen molar-refractivity contribution in [3.63, 3.8) is 0 Å². The van der Waals surface area contributed by atoms with Gasteiger partial charge in [0.15, 0.2) is 9.84 Å². The van der Waals surface area contributed by atoms with Crippen molar-refractivity contribution in [1.29, 1.82) is 0 Å².